The topological polar surface area (TPSA) is 113 Å². The lowest BCUT2D eigenvalue weighted by atomic mass is 10.1. The summed E-state index contributed by atoms with van der Waals surface area (Å²) in [6.07, 6.45) is 4.91. The monoisotopic (exact) mass is 382 g/mol. The normalized spacial score (nSPS) is 14.2. The molecule has 2 rings (SSSR count). The molecule has 0 unspecified atom stereocenters. The van der Waals surface area contributed by atoms with Gasteiger partial charge in [0.2, 0.25) is 10.0 Å². The molecule has 1 aliphatic rings. The van der Waals surface area contributed by atoms with Gasteiger partial charge in [0.25, 0.3) is 5.91 Å². The van der Waals surface area contributed by atoms with E-state index in [2.05, 4.69) is 10.0 Å². The van der Waals surface area contributed by atoms with Gasteiger partial charge in [0.1, 0.15) is 0 Å². The molecule has 1 aromatic rings. The summed E-state index contributed by atoms with van der Waals surface area (Å²) >= 11 is 0. The van der Waals surface area contributed by atoms with Crippen LogP contribution in [0.2, 0.25) is 0 Å². The van der Waals surface area contributed by atoms with E-state index in [-0.39, 0.29) is 23.3 Å². The first-order valence-electron chi connectivity index (χ1n) is 8.92. The van der Waals surface area contributed by atoms with Gasteiger partial charge in [0, 0.05) is 24.6 Å². The summed E-state index contributed by atoms with van der Waals surface area (Å²) in [5, 5.41) is 11.4. The molecular formula is C18H26N2O5S. The molecule has 0 aromatic heterocycles. The molecule has 0 bridgehead atoms. The van der Waals surface area contributed by atoms with Gasteiger partial charge < -0.3 is 10.4 Å². The number of hydrogen-bond donors (Lipinski definition) is 3. The van der Waals surface area contributed by atoms with Crippen molar-refractivity contribution in [2.45, 2.75) is 62.8 Å². The summed E-state index contributed by atoms with van der Waals surface area (Å²) in [6.45, 7) is 2.24. The van der Waals surface area contributed by atoms with Crippen LogP contribution in [0.1, 0.15) is 60.9 Å². The number of aliphatic carboxylic acids is 1. The number of carbonyl (C=O) groups excluding carboxylic acids is 1. The fourth-order valence-electron chi connectivity index (χ4n) is 2.55. The molecule has 0 saturated heterocycles. The van der Waals surface area contributed by atoms with E-state index in [1.165, 1.54) is 12.1 Å². The zero-order valence-corrected chi connectivity index (χ0v) is 15.8. The predicted molar refractivity (Wildman–Crippen MR) is 97.6 cm³/mol. The highest BCUT2D eigenvalue weighted by molar-refractivity contribution is 7.89. The number of unbranched alkanes of at least 4 members (excludes halogenated alkanes) is 3. The van der Waals surface area contributed by atoms with Crippen molar-refractivity contribution >= 4 is 21.9 Å². The lowest BCUT2D eigenvalue weighted by Crippen LogP contribution is -2.28. The Bertz CT molecular complexity index is 757. The van der Waals surface area contributed by atoms with Crippen LogP contribution >= 0.6 is 0 Å². The molecule has 3 N–H and O–H groups in total. The number of benzene rings is 1. The van der Waals surface area contributed by atoms with Crippen LogP contribution in [0.3, 0.4) is 0 Å². The maximum absolute atomic E-state index is 12.4. The summed E-state index contributed by atoms with van der Waals surface area (Å²) in [5.41, 5.74) is 1.07. The van der Waals surface area contributed by atoms with Crippen LogP contribution in [0.4, 0.5) is 0 Å². The Morgan fingerprint density at radius 3 is 2.50 bits per heavy atom. The predicted octanol–water partition coefficient (Wildman–Crippen LogP) is 2.20. The van der Waals surface area contributed by atoms with Crippen molar-refractivity contribution in [2.75, 3.05) is 6.54 Å². The number of carboxylic acids is 1. The Hall–Kier alpha value is -1.93. The van der Waals surface area contributed by atoms with Gasteiger partial charge in [-0.1, -0.05) is 18.9 Å². The zero-order valence-electron chi connectivity index (χ0n) is 15.0. The van der Waals surface area contributed by atoms with Crippen LogP contribution < -0.4 is 10.0 Å². The van der Waals surface area contributed by atoms with Crippen LogP contribution in [-0.2, 0) is 14.8 Å². The number of amides is 1. The summed E-state index contributed by atoms with van der Waals surface area (Å²) in [4.78, 5) is 22.9. The average molecular weight is 382 g/mol. The summed E-state index contributed by atoms with van der Waals surface area (Å²) in [5.74, 6) is -1.09. The molecule has 0 atom stereocenters. The van der Waals surface area contributed by atoms with E-state index in [1.54, 1.807) is 13.0 Å². The molecule has 0 aliphatic heterocycles. The molecule has 0 heterocycles. The van der Waals surface area contributed by atoms with Crippen molar-refractivity contribution in [1.29, 1.82) is 0 Å². The van der Waals surface area contributed by atoms with E-state index >= 15 is 0 Å². The molecule has 144 valence electrons. The second-order valence-electron chi connectivity index (χ2n) is 6.69. The van der Waals surface area contributed by atoms with Crippen molar-refractivity contribution in [3.63, 3.8) is 0 Å². The van der Waals surface area contributed by atoms with Gasteiger partial charge in [-0.05, 0) is 50.3 Å². The average Bonchev–Trinajstić information content (AvgIpc) is 3.37. The minimum absolute atomic E-state index is 0.0136. The standard InChI is InChI=1S/C18H26N2O5S/c1-13-7-10-15(26(24,25)20-14-8-9-14)12-16(13)18(23)19-11-5-3-2-4-6-17(21)22/h7,10,12,14,20H,2-6,8-9,11H2,1H3,(H,19,23)(H,21,22). The van der Waals surface area contributed by atoms with Crippen molar-refractivity contribution in [3.8, 4) is 0 Å². The molecule has 0 spiro atoms. The smallest absolute Gasteiger partial charge is 0.303 e. The molecule has 1 aliphatic carbocycles. The minimum Gasteiger partial charge on any atom is -0.481 e. The van der Waals surface area contributed by atoms with E-state index in [1.807, 2.05) is 0 Å². The van der Waals surface area contributed by atoms with Crippen molar-refractivity contribution in [3.05, 3.63) is 29.3 Å². The highest BCUT2D eigenvalue weighted by atomic mass is 32.2. The third kappa shape index (κ3) is 6.42. The van der Waals surface area contributed by atoms with Gasteiger partial charge in [0.05, 0.1) is 4.90 Å². The number of sulfonamides is 1. The van der Waals surface area contributed by atoms with Crippen molar-refractivity contribution in [2.24, 2.45) is 0 Å². The van der Waals surface area contributed by atoms with Gasteiger partial charge in [-0.15, -0.1) is 0 Å². The molecule has 1 amide bonds. The first-order valence-corrected chi connectivity index (χ1v) is 10.4. The maximum atomic E-state index is 12.4. The SMILES string of the molecule is Cc1ccc(S(=O)(=O)NC2CC2)cc1C(=O)NCCCCCCC(=O)O. The van der Waals surface area contributed by atoms with Gasteiger partial charge >= 0.3 is 5.97 Å². The van der Waals surface area contributed by atoms with Gasteiger partial charge in [0.15, 0.2) is 0 Å². The Kier molecular flexibility index (Phi) is 7.16. The largest absolute Gasteiger partial charge is 0.481 e. The maximum Gasteiger partial charge on any atom is 0.303 e. The van der Waals surface area contributed by atoms with Crippen LogP contribution in [0.25, 0.3) is 0 Å². The van der Waals surface area contributed by atoms with E-state index in [9.17, 15) is 18.0 Å². The fourth-order valence-corrected chi connectivity index (χ4v) is 3.88. The number of aryl methyl sites for hydroxylation is 1. The molecule has 8 heteroatoms. The second kappa shape index (κ2) is 9.14. The first kappa shape index (κ1) is 20.4. The Balaban J connectivity index is 1.86. The molecule has 7 nitrogen and oxygen atoms in total. The van der Waals surface area contributed by atoms with E-state index < -0.39 is 16.0 Å². The highest BCUT2D eigenvalue weighted by Gasteiger charge is 2.28. The number of carboxylic acid groups (broad SMARTS) is 1. The molecule has 1 saturated carbocycles. The zero-order chi connectivity index (χ0) is 19.2. The number of rotatable bonds is 11. The second-order valence-corrected chi connectivity index (χ2v) is 8.40. The molecule has 0 radical (unpaired) electrons. The van der Waals surface area contributed by atoms with Crippen LogP contribution in [0.5, 0.6) is 0 Å². The highest BCUT2D eigenvalue weighted by Crippen LogP contribution is 2.23. The number of carbonyl (C=O) groups is 2. The fraction of sp³-hybridized carbons (Fsp3) is 0.556. The Labute approximate surface area is 154 Å². The summed E-state index contributed by atoms with van der Waals surface area (Å²) in [7, 11) is -3.59. The van der Waals surface area contributed by atoms with E-state index in [4.69, 9.17) is 5.11 Å². The van der Waals surface area contributed by atoms with Gasteiger partial charge in [-0.3, -0.25) is 9.59 Å². The summed E-state index contributed by atoms with van der Waals surface area (Å²) < 4.78 is 27.2. The summed E-state index contributed by atoms with van der Waals surface area (Å²) in [6, 6.07) is 4.59. The third-order valence-electron chi connectivity index (χ3n) is 4.27. The molecule has 26 heavy (non-hydrogen) atoms. The van der Waals surface area contributed by atoms with E-state index in [0.717, 1.165) is 32.1 Å². The van der Waals surface area contributed by atoms with Gasteiger partial charge in [-0.25, -0.2) is 13.1 Å². The number of nitrogens with one attached hydrogen (secondary N) is 2. The van der Waals surface area contributed by atoms with Gasteiger partial charge in [-0.2, -0.15) is 0 Å². The number of hydrogen-bond acceptors (Lipinski definition) is 4. The van der Waals surface area contributed by atoms with E-state index in [0.29, 0.717) is 24.1 Å². The Morgan fingerprint density at radius 1 is 1.15 bits per heavy atom. The Morgan fingerprint density at radius 2 is 1.85 bits per heavy atom. The molecule has 1 aromatic carbocycles. The quantitative estimate of drug-likeness (QED) is 0.508. The minimum atomic E-state index is -3.59. The van der Waals surface area contributed by atoms with Crippen LogP contribution in [0.15, 0.2) is 23.1 Å². The molecular weight excluding hydrogens is 356 g/mol. The first-order chi connectivity index (χ1) is 12.3. The molecule has 1 fully saturated rings. The van der Waals surface area contributed by atoms with Crippen molar-refractivity contribution in [1.82, 2.24) is 10.0 Å². The third-order valence-corrected chi connectivity index (χ3v) is 5.78. The van der Waals surface area contributed by atoms with Crippen LogP contribution in [0, 0.1) is 6.92 Å². The lowest BCUT2D eigenvalue weighted by molar-refractivity contribution is -0.137. The van der Waals surface area contributed by atoms with Crippen molar-refractivity contribution < 1.29 is 23.1 Å². The van der Waals surface area contributed by atoms with Crippen LogP contribution in [-0.4, -0.2) is 38.0 Å². The lowest BCUT2D eigenvalue weighted by Gasteiger charge is -2.11.